The quantitative estimate of drug-likeness (QED) is 0.690. The fourth-order valence-corrected chi connectivity index (χ4v) is 4.01. The second kappa shape index (κ2) is 6.11. The molecule has 0 N–H and O–H groups in total. The Morgan fingerprint density at radius 2 is 2.20 bits per heavy atom. The third-order valence-corrected chi connectivity index (χ3v) is 5.38. The first-order valence-electron chi connectivity index (χ1n) is 8.37. The standard InChI is InChI=1S/C19H20N4OS/c1-11(2)13-5-6-15-14(9-13)17-16(7-8-24-15)25-19(22-17)18-20-10-21-23(18)12(3)4/h5-6,9-10,12H,1,7-8H2,2-4H3. The normalized spacial score (nSPS) is 13.1. The van der Waals surface area contributed by atoms with Gasteiger partial charge in [0.25, 0.3) is 0 Å². The zero-order valence-electron chi connectivity index (χ0n) is 14.6. The summed E-state index contributed by atoms with van der Waals surface area (Å²) in [6, 6.07) is 6.43. The molecule has 25 heavy (non-hydrogen) atoms. The number of aromatic nitrogens is 4. The third-order valence-electron chi connectivity index (χ3n) is 4.27. The molecule has 0 fully saturated rings. The minimum Gasteiger partial charge on any atom is -0.493 e. The van der Waals surface area contributed by atoms with Gasteiger partial charge in [-0.2, -0.15) is 5.10 Å². The van der Waals surface area contributed by atoms with Crippen LogP contribution < -0.4 is 4.74 Å². The van der Waals surface area contributed by atoms with E-state index in [1.165, 1.54) is 4.88 Å². The summed E-state index contributed by atoms with van der Waals surface area (Å²) in [4.78, 5) is 10.6. The molecule has 3 aromatic rings. The van der Waals surface area contributed by atoms with Crippen LogP contribution in [0.1, 0.15) is 37.3 Å². The van der Waals surface area contributed by atoms with Gasteiger partial charge in [0.2, 0.25) is 0 Å². The Hall–Kier alpha value is -2.47. The molecular formula is C19H20N4OS. The number of thiazole rings is 1. The van der Waals surface area contributed by atoms with E-state index >= 15 is 0 Å². The summed E-state index contributed by atoms with van der Waals surface area (Å²) in [7, 11) is 0. The molecule has 4 rings (SSSR count). The molecule has 5 nitrogen and oxygen atoms in total. The van der Waals surface area contributed by atoms with E-state index in [2.05, 4.69) is 42.6 Å². The fraction of sp³-hybridized carbons (Fsp3) is 0.316. The highest BCUT2D eigenvalue weighted by molar-refractivity contribution is 7.15. The van der Waals surface area contributed by atoms with E-state index < -0.39 is 0 Å². The number of rotatable bonds is 3. The molecule has 0 amide bonds. The number of benzene rings is 1. The number of hydrogen-bond donors (Lipinski definition) is 0. The summed E-state index contributed by atoms with van der Waals surface area (Å²) >= 11 is 1.68. The van der Waals surface area contributed by atoms with Gasteiger partial charge in [-0.3, -0.25) is 0 Å². The Morgan fingerprint density at radius 1 is 1.36 bits per heavy atom. The van der Waals surface area contributed by atoms with Crippen LogP contribution in [0.3, 0.4) is 0 Å². The highest BCUT2D eigenvalue weighted by atomic mass is 32.1. The molecule has 6 heteroatoms. The Labute approximate surface area is 151 Å². The first kappa shape index (κ1) is 16.0. The van der Waals surface area contributed by atoms with Crippen molar-refractivity contribution in [2.75, 3.05) is 6.61 Å². The van der Waals surface area contributed by atoms with Gasteiger partial charge in [0.05, 0.1) is 12.3 Å². The number of ether oxygens (including phenoxy) is 1. The molecule has 0 unspecified atom stereocenters. The van der Waals surface area contributed by atoms with Gasteiger partial charge < -0.3 is 4.74 Å². The van der Waals surface area contributed by atoms with Gasteiger partial charge >= 0.3 is 0 Å². The van der Waals surface area contributed by atoms with Crippen molar-refractivity contribution in [3.8, 4) is 27.8 Å². The molecule has 0 spiro atoms. The predicted octanol–water partition coefficient (Wildman–Crippen LogP) is 4.62. The Balaban J connectivity index is 1.87. The van der Waals surface area contributed by atoms with Crippen LogP contribution in [0.15, 0.2) is 31.1 Å². The van der Waals surface area contributed by atoms with E-state index in [9.17, 15) is 0 Å². The summed E-state index contributed by atoms with van der Waals surface area (Å²) in [5, 5.41) is 5.24. The van der Waals surface area contributed by atoms with Gasteiger partial charge in [-0.15, -0.1) is 11.3 Å². The predicted molar refractivity (Wildman–Crippen MR) is 101 cm³/mol. The molecule has 1 aromatic carbocycles. The second-order valence-electron chi connectivity index (χ2n) is 6.50. The molecule has 2 aromatic heterocycles. The van der Waals surface area contributed by atoms with Gasteiger partial charge in [0, 0.05) is 22.9 Å². The molecule has 0 saturated carbocycles. The lowest BCUT2D eigenvalue weighted by Crippen LogP contribution is -2.04. The monoisotopic (exact) mass is 352 g/mol. The summed E-state index contributed by atoms with van der Waals surface area (Å²) in [6.45, 7) is 10.9. The van der Waals surface area contributed by atoms with Crippen LogP contribution in [0.2, 0.25) is 0 Å². The maximum Gasteiger partial charge on any atom is 0.187 e. The molecular weight excluding hydrogens is 332 g/mol. The highest BCUT2D eigenvalue weighted by Gasteiger charge is 2.23. The first-order valence-corrected chi connectivity index (χ1v) is 9.19. The Kier molecular flexibility index (Phi) is 3.92. The van der Waals surface area contributed by atoms with Crippen molar-refractivity contribution in [3.63, 3.8) is 0 Å². The molecule has 0 aliphatic carbocycles. The van der Waals surface area contributed by atoms with Crippen molar-refractivity contribution >= 4 is 16.9 Å². The number of fused-ring (bicyclic) bond motifs is 3. The van der Waals surface area contributed by atoms with Crippen molar-refractivity contribution < 1.29 is 4.74 Å². The van der Waals surface area contributed by atoms with Crippen molar-refractivity contribution in [1.82, 2.24) is 19.7 Å². The van der Waals surface area contributed by atoms with Crippen LogP contribution in [-0.4, -0.2) is 26.4 Å². The average Bonchev–Trinajstić information content (AvgIpc) is 3.18. The van der Waals surface area contributed by atoms with Crippen molar-refractivity contribution in [2.24, 2.45) is 0 Å². The molecule has 0 atom stereocenters. The lowest BCUT2D eigenvalue weighted by molar-refractivity contribution is 0.327. The van der Waals surface area contributed by atoms with Crippen molar-refractivity contribution in [2.45, 2.75) is 33.2 Å². The molecule has 3 heterocycles. The fourth-order valence-electron chi connectivity index (χ4n) is 2.97. The van der Waals surface area contributed by atoms with E-state index in [-0.39, 0.29) is 6.04 Å². The smallest absolute Gasteiger partial charge is 0.187 e. The summed E-state index contributed by atoms with van der Waals surface area (Å²) in [5.74, 6) is 1.71. The van der Waals surface area contributed by atoms with Crippen molar-refractivity contribution in [1.29, 1.82) is 0 Å². The van der Waals surface area contributed by atoms with Gasteiger partial charge in [0.15, 0.2) is 10.8 Å². The van der Waals surface area contributed by atoms with Gasteiger partial charge in [-0.1, -0.05) is 18.2 Å². The second-order valence-corrected chi connectivity index (χ2v) is 7.59. The van der Waals surface area contributed by atoms with Crippen LogP contribution in [-0.2, 0) is 6.42 Å². The van der Waals surface area contributed by atoms with Gasteiger partial charge in [-0.05, 0) is 38.5 Å². The van der Waals surface area contributed by atoms with Crippen LogP contribution in [0.5, 0.6) is 5.75 Å². The lowest BCUT2D eigenvalue weighted by atomic mass is 10.0. The molecule has 0 radical (unpaired) electrons. The van der Waals surface area contributed by atoms with E-state index in [4.69, 9.17) is 9.72 Å². The topological polar surface area (TPSA) is 52.8 Å². The zero-order chi connectivity index (χ0) is 17.6. The summed E-state index contributed by atoms with van der Waals surface area (Å²) in [5.41, 5.74) is 4.17. The maximum absolute atomic E-state index is 5.92. The van der Waals surface area contributed by atoms with Crippen LogP contribution >= 0.6 is 11.3 Å². The molecule has 0 bridgehead atoms. The van der Waals surface area contributed by atoms with Crippen LogP contribution in [0.4, 0.5) is 0 Å². The lowest BCUT2D eigenvalue weighted by Gasteiger charge is -2.09. The van der Waals surface area contributed by atoms with Gasteiger partial charge in [0.1, 0.15) is 12.1 Å². The molecule has 1 aliphatic heterocycles. The number of nitrogens with zero attached hydrogens (tertiary/aromatic N) is 4. The van der Waals surface area contributed by atoms with E-state index in [0.29, 0.717) is 6.61 Å². The molecule has 0 saturated heterocycles. The number of allylic oxidation sites excluding steroid dienone is 1. The summed E-state index contributed by atoms with van der Waals surface area (Å²) < 4.78 is 7.84. The zero-order valence-corrected chi connectivity index (χ0v) is 15.4. The van der Waals surface area contributed by atoms with E-state index in [0.717, 1.165) is 45.4 Å². The Morgan fingerprint density at radius 3 is 2.96 bits per heavy atom. The molecule has 128 valence electrons. The summed E-state index contributed by atoms with van der Waals surface area (Å²) in [6.07, 6.45) is 2.44. The van der Waals surface area contributed by atoms with Gasteiger partial charge in [-0.25, -0.2) is 14.6 Å². The molecule has 1 aliphatic rings. The van der Waals surface area contributed by atoms with E-state index in [1.807, 2.05) is 17.7 Å². The first-order chi connectivity index (χ1) is 12.0. The minimum absolute atomic E-state index is 0.242. The third kappa shape index (κ3) is 2.76. The average molecular weight is 352 g/mol. The Bertz CT molecular complexity index is 954. The largest absolute Gasteiger partial charge is 0.493 e. The minimum atomic E-state index is 0.242. The number of hydrogen-bond acceptors (Lipinski definition) is 5. The van der Waals surface area contributed by atoms with E-state index in [1.54, 1.807) is 17.7 Å². The SMILES string of the molecule is C=C(C)c1ccc2c(c1)-c1nc(-c3ncnn3C(C)C)sc1CCO2. The maximum atomic E-state index is 5.92. The van der Waals surface area contributed by atoms with Crippen LogP contribution in [0.25, 0.3) is 27.7 Å². The van der Waals surface area contributed by atoms with Crippen molar-refractivity contribution in [3.05, 3.63) is 41.5 Å². The highest BCUT2D eigenvalue weighted by Crippen LogP contribution is 2.41. The van der Waals surface area contributed by atoms with Crippen LogP contribution in [0, 0.1) is 0 Å².